The van der Waals surface area contributed by atoms with Gasteiger partial charge in [-0.15, -0.1) is 11.8 Å². The van der Waals surface area contributed by atoms with Crippen molar-refractivity contribution in [2.75, 3.05) is 11.1 Å². The molecular weight excluding hydrogens is 404 g/mol. The summed E-state index contributed by atoms with van der Waals surface area (Å²) < 4.78 is 6.81. The number of carbonyl (C=O) groups excluding carboxylic acids is 1. The lowest BCUT2D eigenvalue weighted by atomic mass is 9.91. The van der Waals surface area contributed by atoms with Crippen LogP contribution in [-0.2, 0) is 23.4 Å². The third kappa shape index (κ3) is 7.21. The molecule has 0 aliphatic carbocycles. The van der Waals surface area contributed by atoms with Crippen LogP contribution in [0.2, 0.25) is 0 Å². The van der Waals surface area contributed by atoms with E-state index in [0.717, 1.165) is 22.0 Å². The summed E-state index contributed by atoms with van der Waals surface area (Å²) in [5.41, 5.74) is 7.69. The lowest BCUT2D eigenvalue weighted by Gasteiger charge is -2.15. The molecule has 0 atom stereocenters. The standard InChI is InChI=1S/C21H26N4O2S2/c1-21(2,3)10-16-11-23-18(27-16)13-28-19-12-24-20(29-19)25-17(26)8-7-14-5-4-6-15(22)9-14/h4-6,9,11-12H,7-8,10,13,22H2,1-3H3,(H,24,25,26). The van der Waals surface area contributed by atoms with E-state index in [2.05, 4.69) is 36.1 Å². The molecule has 2 heterocycles. The average Bonchev–Trinajstić information content (AvgIpc) is 3.26. The molecule has 0 saturated heterocycles. The van der Waals surface area contributed by atoms with Crippen molar-refractivity contribution in [1.29, 1.82) is 0 Å². The van der Waals surface area contributed by atoms with Crippen LogP contribution in [0.15, 0.2) is 45.3 Å². The first-order valence-corrected chi connectivity index (χ1v) is 11.2. The van der Waals surface area contributed by atoms with E-state index in [0.29, 0.717) is 35.3 Å². The number of aryl methyl sites for hydroxylation is 1. The highest BCUT2D eigenvalue weighted by Gasteiger charge is 2.15. The normalized spacial score (nSPS) is 11.6. The van der Waals surface area contributed by atoms with Gasteiger partial charge in [-0.3, -0.25) is 4.79 Å². The molecule has 0 spiro atoms. The minimum absolute atomic E-state index is 0.0575. The van der Waals surface area contributed by atoms with Gasteiger partial charge in [-0.25, -0.2) is 9.97 Å². The van der Waals surface area contributed by atoms with E-state index >= 15 is 0 Å². The molecular formula is C21H26N4O2S2. The van der Waals surface area contributed by atoms with Gasteiger partial charge < -0.3 is 15.5 Å². The van der Waals surface area contributed by atoms with E-state index in [4.69, 9.17) is 10.2 Å². The zero-order chi connectivity index (χ0) is 20.9. The number of nitrogens with one attached hydrogen (secondary N) is 1. The second-order valence-electron chi connectivity index (χ2n) is 8.02. The van der Waals surface area contributed by atoms with Gasteiger partial charge in [0.2, 0.25) is 11.8 Å². The van der Waals surface area contributed by atoms with Gasteiger partial charge in [0.15, 0.2) is 5.13 Å². The number of oxazole rings is 1. The van der Waals surface area contributed by atoms with Crippen molar-refractivity contribution >= 4 is 39.8 Å². The lowest BCUT2D eigenvalue weighted by molar-refractivity contribution is -0.116. The Balaban J connectivity index is 1.45. The number of aromatic nitrogens is 2. The molecule has 0 saturated carbocycles. The number of amides is 1. The first-order chi connectivity index (χ1) is 13.8. The van der Waals surface area contributed by atoms with Crippen molar-refractivity contribution in [2.45, 2.75) is 50.0 Å². The van der Waals surface area contributed by atoms with Crippen molar-refractivity contribution in [3.8, 4) is 0 Å². The highest BCUT2D eigenvalue weighted by Crippen LogP contribution is 2.31. The summed E-state index contributed by atoms with van der Waals surface area (Å²) in [6, 6.07) is 7.59. The number of benzene rings is 1. The minimum Gasteiger partial charge on any atom is -0.445 e. The second-order valence-corrected chi connectivity index (χ2v) is 10.3. The summed E-state index contributed by atoms with van der Waals surface area (Å²) in [7, 11) is 0. The maximum Gasteiger partial charge on any atom is 0.226 e. The first kappa shape index (κ1) is 21.4. The predicted octanol–water partition coefficient (Wildman–Crippen LogP) is 5.17. The van der Waals surface area contributed by atoms with Crippen molar-refractivity contribution in [1.82, 2.24) is 9.97 Å². The molecule has 3 aromatic rings. The number of anilines is 2. The van der Waals surface area contributed by atoms with Crippen LogP contribution in [0.4, 0.5) is 10.8 Å². The number of thiazole rings is 1. The summed E-state index contributed by atoms with van der Waals surface area (Å²) in [4.78, 5) is 20.8. The van der Waals surface area contributed by atoms with Crippen LogP contribution >= 0.6 is 23.1 Å². The van der Waals surface area contributed by atoms with Crippen LogP contribution in [0.25, 0.3) is 0 Å². The molecule has 8 heteroatoms. The molecule has 0 unspecified atom stereocenters. The summed E-state index contributed by atoms with van der Waals surface area (Å²) in [5, 5.41) is 3.46. The van der Waals surface area contributed by atoms with Gasteiger partial charge >= 0.3 is 0 Å². The topological polar surface area (TPSA) is 94.0 Å². The maximum atomic E-state index is 12.2. The van der Waals surface area contributed by atoms with Crippen molar-refractivity contribution in [3.63, 3.8) is 0 Å². The van der Waals surface area contributed by atoms with E-state index < -0.39 is 0 Å². The Labute approximate surface area is 179 Å². The zero-order valence-corrected chi connectivity index (χ0v) is 18.5. The van der Waals surface area contributed by atoms with E-state index in [-0.39, 0.29) is 11.3 Å². The maximum absolute atomic E-state index is 12.2. The van der Waals surface area contributed by atoms with Gasteiger partial charge in [0.1, 0.15) is 5.76 Å². The highest BCUT2D eigenvalue weighted by atomic mass is 32.2. The number of hydrogen-bond donors (Lipinski definition) is 2. The number of nitrogen functional groups attached to an aromatic ring is 1. The number of nitrogens with two attached hydrogens (primary N) is 1. The SMILES string of the molecule is CC(C)(C)Cc1cnc(CSc2cnc(NC(=O)CCc3cccc(N)c3)s2)o1. The molecule has 0 aliphatic heterocycles. The molecule has 0 fully saturated rings. The molecule has 0 aliphatic rings. The third-order valence-electron chi connectivity index (χ3n) is 3.97. The quantitative estimate of drug-likeness (QED) is 0.378. The monoisotopic (exact) mass is 430 g/mol. The fourth-order valence-corrected chi connectivity index (χ4v) is 4.47. The summed E-state index contributed by atoms with van der Waals surface area (Å²) in [6.07, 6.45) is 5.46. The number of hydrogen-bond acceptors (Lipinski definition) is 7. The molecule has 3 rings (SSSR count). The smallest absolute Gasteiger partial charge is 0.226 e. The predicted molar refractivity (Wildman–Crippen MR) is 119 cm³/mol. The second kappa shape index (κ2) is 9.45. The van der Waals surface area contributed by atoms with Gasteiger partial charge in [-0.1, -0.05) is 44.2 Å². The summed E-state index contributed by atoms with van der Waals surface area (Å²) >= 11 is 3.05. The summed E-state index contributed by atoms with van der Waals surface area (Å²) in [6.45, 7) is 6.52. The van der Waals surface area contributed by atoms with Crippen LogP contribution in [0.5, 0.6) is 0 Å². The Morgan fingerprint density at radius 1 is 1.28 bits per heavy atom. The van der Waals surface area contributed by atoms with Gasteiger partial charge in [0.25, 0.3) is 0 Å². The van der Waals surface area contributed by atoms with Crippen LogP contribution < -0.4 is 11.1 Å². The van der Waals surface area contributed by atoms with Gasteiger partial charge in [-0.2, -0.15) is 0 Å². The molecule has 1 aromatic carbocycles. The average molecular weight is 431 g/mol. The molecule has 0 radical (unpaired) electrons. The Morgan fingerprint density at radius 3 is 2.86 bits per heavy atom. The molecule has 0 bridgehead atoms. The van der Waals surface area contributed by atoms with E-state index in [1.54, 1.807) is 24.2 Å². The lowest BCUT2D eigenvalue weighted by Crippen LogP contribution is -2.12. The Morgan fingerprint density at radius 2 is 2.10 bits per heavy atom. The number of carbonyl (C=O) groups is 1. The number of nitrogens with zero attached hydrogens (tertiary/aromatic N) is 2. The molecule has 6 nitrogen and oxygen atoms in total. The van der Waals surface area contributed by atoms with Gasteiger partial charge in [0.05, 0.1) is 22.4 Å². The largest absolute Gasteiger partial charge is 0.445 e. The fourth-order valence-electron chi connectivity index (χ4n) is 2.72. The molecule has 154 valence electrons. The zero-order valence-electron chi connectivity index (χ0n) is 16.9. The third-order valence-corrected chi connectivity index (χ3v) is 6.06. The Kier molecular flexibility index (Phi) is 6.97. The first-order valence-electron chi connectivity index (χ1n) is 9.43. The Hall–Kier alpha value is -2.32. The van der Waals surface area contributed by atoms with Gasteiger partial charge in [0, 0.05) is 18.5 Å². The van der Waals surface area contributed by atoms with E-state index in [9.17, 15) is 4.79 Å². The van der Waals surface area contributed by atoms with Gasteiger partial charge in [-0.05, 0) is 29.5 Å². The van der Waals surface area contributed by atoms with Crippen LogP contribution in [0.3, 0.4) is 0 Å². The van der Waals surface area contributed by atoms with Crippen LogP contribution in [0, 0.1) is 5.41 Å². The van der Waals surface area contributed by atoms with E-state index in [1.807, 2.05) is 24.3 Å². The molecule has 2 aromatic heterocycles. The van der Waals surface area contributed by atoms with Crippen molar-refractivity contribution in [3.05, 3.63) is 53.9 Å². The molecule has 3 N–H and O–H groups in total. The molecule has 29 heavy (non-hydrogen) atoms. The summed E-state index contributed by atoms with van der Waals surface area (Å²) in [5.74, 6) is 2.19. The number of rotatable bonds is 8. The Bertz CT molecular complexity index is 959. The minimum atomic E-state index is -0.0575. The van der Waals surface area contributed by atoms with Crippen LogP contribution in [-0.4, -0.2) is 15.9 Å². The fraction of sp³-hybridized carbons (Fsp3) is 0.381. The van der Waals surface area contributed by atoms with Crippen molar-refractivity contribution < 1.29 is 9.21 Å². The highest BCUT2D eigenvalue weighted by molar-refractivity contribution is 8.00. The van der Waals surface area contributed by atoms with Crippen molar-refractivity contribution in [2.24, 2.45) is 5.41 Å². The van der Waals surface area contributed by atoms with Crippen LogP contribution in [0.1, 0.15) is 44.4 Å². The molecule has 1 amide bonds. The number of thioether (sulfide) groups is 1. The van der Waals surface area contributed by atoms with E-state index in [1.165, 1.54) is 11.3 Å².